The van der Waals surface area contributed by atoms with Gasteiger partial charge in [-0.15, -0.1) is 0 Å². The van der Waals surface area contributed by atoms with E-state index in [1.54, 1.807) is 12.1 Å². The third kappa shape index (κ3) is 3.42. The van der Waals surface area contributed by atoms with Crippen LogP contribution in [-0.2, 0) is 6.54 Å². The van der Waals surface area contributed by atoms with Gasteiger partial charge < -0.3 is 5.73 Å². The highest BCUT2D eigenvalue weighted by Gasteiger charge is 2.13. The number of nitrogens with two attached hydrogens (primary N) is 1. The van der Waals surface area contributed by atoms with Gasteiger partial charge in [-0.25, -0.2) is 0 Å². The minimum atomic E-state index is -0.461. The van der Waals surface area contributed by atoms with E-state index in [4.69, 9.17) is 5.73 Å². The smallest absolute Gasteiger partial charge is 0.292 e. The molecular weight excluding hydrogens is 218 g/mol. The number of nitrogens with zero attached hydrogens (tertiary/aromatic N) is 2. The summed E-state index contributed by atoms with van der Waals surface area (Å²) >= 11 is 0. The van der Waals surface area contributed by atoms with Gasteiger partial charge in [0.1, 0.15) is 5.69 Å². The Morgan fingerprint density at radius 2 is 2.18 bits per heavy atom. The van der Waals surface area contributed by atoms with Crippen LogP contribution in [-0.4, -0.2) is 22.9 Å². The lowest BCUT2D eigenvalue weighted by atomic mass is 10.1. The molecule has 5 heteroatoms. The molecule has 0 aromatic heterocycles. The predicted molar refractivity (Wildman–Crippen MR) is 68.7 cm³/mol. The van der Waals surface area contributed by atoms with Gasteiger partial charge in [0.25, 0.3) is 5.69 Å². The Kier molecular flexibility index (Phi) is 4.45. The molecule has 1 aromatic carbocycles. The summed E-state index contributed by atoms with van der Waals surface area (Å²) in [5, 5.41) is 10.6. The van der Waals surface area contributed by atoms with Crippen LogP contribution in [0.2, 0.25) is 0 Å². The van der Waals surface area contributed by atoms with E-state index in [1.165, 1.54) is 6.07 Å². The van der Waals surface area contributed by atoms with Crippen LogP contribution < -0.4 is 5.73 Å². The van der Waals surface area contributed by atoms with E-state index in [9.17, 15) is 10.1 Å². The van der Waals surface area contributed by atoms with Crippen molar-refractivity contribution in [2.24, 2.45) is 0 Å². The molecule has 0 heterocycles. The van der Waals surface area contributed by atoms with Gasteiger partial charge in [0.15, 0.2) is 0 Å². The van der Waals surface area contributed by atoms with Gasteiger partial charge in [-0.1, -0.05) is 13.0 Å². The molecule has 1 unspecified atom stereocenters. The minimum Gasteiger partial charge on any atom is -0.393 e. The second kappa shape index (κ2) is 5.63. The highest BCUT2D eigenvalue weighted by molar-refractivity contribution is 5.59. The van der Waals surface area contributed by atoms with Crippen LogP contribution in [0.25, 0.3) is 0 Å². The molecule has 0 saturated carbocycles. The van der Waals surface area contributed by atoms with Crippen molar-refractivity contribution < 1.29 is 4.92 Å². The Bertz CT molecular complexity index is 407. The first-order valence-corrected chi connectivity index (χ1v) is 5.68. The first-order chi connectivity index (χ1) is 7.95. The number of nitro benzene ring substituents is 1. The second-order valence-corrected chi connectivity index (χ2v) is 4.32. The van der Waals surface area contributed by atoms with E-state index in [1.807, 2.05) is 7.05 Å². The summed E-state index contributed by atoms with van der Waals surface area (Å²) in [6.45, 7) is 5.03. The van der Waals surface area contributed by atoms with Crippen LogP contribution in [0.4, 0.5) is 11.4 Å². The third-order valence-corrected chi connectivity index (χ3v) is 3.06. The molecule has 0 saturated heterocycles. The highest BCUT2D eigenvalue weighted by Crippen LogP contribution is 2.22. The SMILES string of the molecule is CCC(C)N(C)Cc1ccc([N+](=O)[O-])c(N)c1. The molecule has 0 aliphatic heterocycles. The van der Waals surface area contributed by atoms with Crippen molar-refractivity contribution in [2.75, 3.05) is 12.8 Å². The summed E-state index contributed by atoms with van der Waals surface area (Å²) < 4.78 is 0. The zero-order chi connectivity index (χ0) is 13.0. The van der Waals surface area contributed by atoms with Gasteiger partial charge in [0.05, 0.1) is 4.92 Å². The third-order valence-electron chi connectivity index (χ3n) is 3.06. The molecular formula is C12H19N3O2. The first kappa shape index (κ1) is 13.4. The van der Waals surface area contributed by atoms with Crippen LogP contribution in [0.1, 0.15) is 25.8 Å². The summed E-state index contributed by atoms with van der Waals surface area (Å²) in [4.78, 5) is 12.4. The van der Waals surface area contributed by atoms with Gasteiger partial charge in [-0.3, -0.25) is 15.0 Å². The van der Waals surface area contributed by atoms with Gasteiger partial charge in [0, 0.05) is 18.7 Å². The minimum absolute atomic E-state index is 0.0278. The summed E-state index contributed by atoms with van der Waals surface area (Å²) in [7, 11) is 2.03. The lowest BCUT2D eigenvalue weighted by molar-refractivity contribution is -0.383. The average molecular weight is 237 g/mol. The summed E-state index contributed by atoms with van der Waals surface area (Å²) in [6, 6.07) is 5.38. The molecule has 0 aliphatic carbocycles. The average Bonchev–Trinajstić information content (AvgIpc) is 2.27. The molecule has 0 spiro atoms. The highest BCUT2D eigenvalue weighted by atomic mass is 16.6. The van der Waals surface area contributed by atoms with Gasteiger partial charge >= 0.3 is 0 Å². The fourth-order valence-electron chi connectivity index (χ4n) is 1.62. The number of nitrogen functional groups attached to an aromatic ring is 1. The maximum atomic E-state index is 10.6. The van der Waals surface area contributed by atoms with Crippen LogP contribution in [0, 0.1) is 10.1 Å². The molecule has 5 nitrogen and oxygen atoms in total. The Hall–Kier alpha value is -1.62. The maximum absolute atomic E-state index is 10.6. The molecule has 0 radical (unpaired) electrons. The van der Waals surface area contributed by atoms with Gasteiger partial charge in [-0.05, 0) is 32.0 Å². The van der Waals surface area contributed by atoms with E-state index in [0.29, 0.717) is 6.04 Å². The van der Waals surface area contributed by atoms with E-state index in [0.717, 1.165) is 18.5 Å². The normalized spacial score (nSPS) is 12.7. The Balaban J connectivity index is 2.81. The summed E-state index contributed by atoms with van der Waals surface area (Å²) in [6.07, 6.45) is 1.07. The zero-order valence-electron chi connectivity index (χ0n) is 10.5. The van der Waals surface area contributed by atoms with Crippen molar-refractivity contribution in [2.45, 2.75) is 32.9 Å². The van der Waals surface area contributed by atoms with Crippen molar-refractivity contribution in [1.82, 2.24) is 4.90 Å². The molecule has 0 bridgehead atoms. The molecule has 0 amide bonds. The van der Waals surface area contributed by atoms with E-state index in [-0.39, 0.29) is 11.4 Å². The molecule has 94 valence electrons. The van der Waals surface area contributed by atoms with Crippen molar-refractivity contribution in [1.29, 1.82) is 0 Å². The molecule has 1 aromatic rings. The quantitative estimate of drug-likeness (QED) is 0.485. The molecule has 2 N–H and O–H groups in total. The maximum Gasteiger partial charge on any atom is 0.292 e. The van der Waals surface area contributed by atoms with Crippen LogP contribution in [0.15, 0.2) is 18.2 Å². The van der Waals surface area contributed by atoms with Crippen molar-refractivity contribution in [3.8, 4) is 0 Å². The van der Waals surface area contributed by atoms with E-state index < -0.39 is 4.92 Å². The number of hydrogen-bond donors (Lipinski definition) is 1. The fraction of sp³-hybridized carbons (Fsp3) is 0.500. The Labute approximate surface area is 101 Å². The van der Waals surface area contributed by atoms with Gasteiger partial charge in [-0.2, -0.15) is 0 Å². The Morgan fingerprint density at radius 1 is 1.53 bits per heavy atom. The number of anilines is 1. The number of rotatable bonds is 5. The lowest BCUT2D eigenvalue weighted by Gasteiger charge is -2.23. The fourth-order valence-corrected chi connectivity index (χ4v) is 1.62. The van der Waals surface area contributed by atoms with Gasteiger partial charge in [0.2, 0.25) is 0 Å². The largest absolute Gasteiger partial charge is 0.393 e. The molecule has 17 heavy (non-hydrogen) atoms. The number of nitro groups is 1. The number of hydrogen-bond acceptors (Lipinski definition) is 4. The molecule has 1 rings (SSSR count). The topological polar surface area (TPSA) is 72.4 Å². The second-order valence-electron chi connectivity index (χ2n) is 4.32. The first-order valence-electron chi connectivity index (χ1n) is 5.68. The monoisotopic (exact) mass is 237 g/mol. The van der Waals surface area contributed by atoms with Crippen LogP contribution >= 0.6 is 0 Å². The summed E-state index contributed by atoms with van der Waals surface area (Å²) in [5.74, 6) is 0. The van der Waals surface area contributed by atoms with E-state index >= 15 is 0 Å². The van der Waals surface area contributed by atoms with Crippen molar-refractivity contribution in [3.63, 3.8) is 0 Å². The zero-order valence-corrected chi connectivity index (χ0v) is 10.5. The van der Waals surface area contributed by atoms with Crippen molar-refractivity contribution >= 4 is 11.4 Å². The Morgan fingerprint density at radius 3 is 2.65 bits per heavy atom. The van der Waals surface area contributed by atoms with Crippen molar-refractivity contribution in [3.05, 3.63) is 33.9 Å². The van der Waals surface area contributed by atoms with E-state index in [2.05, 4.69) is 18.7 Å². The predicted octanol–water partition coefficient (Wildman–Crippen LogP) is 2.41. The lowest BCUT2D eigenvalue weighted by Crippen LogP contribution is -2.27. The standard InChI is InChI=1S/C12H19N3O2/c1-4-9(2)14(3)8-10-5-6-12(15(16)17)11(13)7-10/h5-7,9H,4,8,13H2,1-3H3. The molecule has 0 fully saturated rings. The molecule has 1 atom stereocenters. The van der Waals surface area contributed by atoms with Crippen LogP contribution in [0.3, 0.4) is 0 Å². The molecule has 0 aliphatic rings. The van der Waals surface area contributed by atoms with Crippen LogP contribution in [0.5, 0.6) is 0 Å². The number of benzene rings is 1. The summed E-state index contributed by atoms with van der Waals surface area (Å²) in [5.41, 5.74) is 6.84.